The maximum atomic E-state index is 12.9. The van der Waals surface area contributed by atoms with Crippen LogP contribution in [0, 0.1) is 5.82 Å². The molecule has 0 aliphatic heterocycles. The molecule has 0 saturated heterocycles. The lowest BCUT2D eigenvalue weighted by molar-refractivity contribution is -0.122. The Morgan fingerprint density at radius 1 is 1.26 bits per heavy atom. The summed E-state index contributed by atoms with van der Waals surface area (Å²) in [4.78, 5) is 23.8. The van der Waals surface area contributed by atoms with E-state index in [1.165, 1.54) is 30.7 Å². The van der Waals surface area contributed by atoms with Gasteiger partial charge in [-0.3, -0.25) is 4.79 Å². The third-order valence-electron chi connectivity index (χ3n) is 3.96. The number of rotatable bonds is 4. The summed E-state index contributed by atoms with van der Waals surface area (Å²) in [5.41, 5.74) is 0.481. The van der Waals surface area contributed by atoms with Crippen molar-refractivity contribution >= 4 is 5.91 Å². The number of hydrogen-bond acceptors (Lipinski definition) is 4. The van der Waals surface area contributed by atoms with E-state index in [4.69, 9.17) is 4.42 Å². The van der Waals surface area contributed by atoms with E-state index in [1.807, 2.05) is 0 Å². The number of nitrogens with one attached hydrogen (secondary N) is 1. The van der Waals surface area contributed by atoms with Crippen molar-refractivity contribution in [1.82, 2.24) is 15.1 Å². The molecule has 23 heavy (non-hydrogen) atoms. The largest absolute Gasteiger partial charge is 0.437 e. The number of halogens is 1. The zero-order valence-electron chi connectivity index (χ0n) is 12.6. The van der Waals surface area contributed by atoms with Crippen molar-refractivity contribution in [2.24, 2.45) is 0 Å². The molecule has 0 bridgehead atoms. The summed E-state index contributed by atoms with van der Waals surface area (Å²) in [5, 5.41) is 6.92. The number of carbonyl (C=O) groups is 1. The highest BCUT2D eigenvalue weighted by atomic mass is 19.1. The second-order valence-corrected chi connectivity index (χ2v) is 5.74. The fourth-order valence-electron chi connectivity index (χ4n) is 2.77. The standard InChI is InChI=1S/C16H18FN3O3/c17-12-8-6-11(7-9-12)15-19-20(16(22)23-15)10-14(21)18-13-4-2-1-3-5-13/h6-9,13H,1-5,10H2,(H,18,21). The molecule has 6 nitrogen and oxygen atoms in total. The number of benzene rings is 1. The van der Waals surface area contributed by atoms with Crippen molar-refractivity contribution in [2.75, 3.05) is 0 Å². The third-order valence-corrected chi connectivity index (χ3v) is 3.96. The molecular weight excluding hydrogens is 301 g/mol. The van der Waals surface area contributed by atoms with Gasteiger partial charge in [0.1, 0.15) is 12.4 Å². The average molecular weight is 319 g/mol. The van der Waals surface area contributed by atoms with Gasteiger partial charge in [-0.1, -0.05) is 19.3 Å². The number of amides is 1. The van der Waals surface area contributed by atoms with Crippen LogP contribution in [0.1, 0.15) is 32.1 Å². The van der Waals surface area contributed by atoms with Crippen molar-refractivity contribution in [3.05, 3.63) is 40.6 Å². The molecule has 1 aromatic heterocycles. The molecule has 1 amide bonds. The Hall–Kier alpha value is -2.44. The summed E-state index contributed by atoms with van der Waals surface area (Å²) in [7, 11) is 0. The van der Waals surface area contributed by atoms with E-state index >= 15 is 0 Å². The van der Waals surface area contributed by atoms with Crippen LogP contribution in [0.5, 0.6) is 0 Å². The van der Waals surface area contributed by atoms with Gasteiger partial charge in [0.25, 0.3) is 0 Å². The van der Waals surface area contributed by atoms with Crippen molar-refractivity contribution in [3.63, 3.8) is 0 Å². The van der Waals surface area contributed by atoms with E-state index in [2.05, 4.69) is 10.4 Å². The second kappa shape index (κ2) is 6.76. The molecule has 1 aliphatic carbocycles. The van der Waals surface area contributed by atoms with Crippen molar-refractivity contribution < 1.29 is 13.6 Å². The van der Waals surface area contributed by atoms with Gasteiger partial charge in [0.2, 0.25) is 11.8 Å². The van der Waals surface area contributed by atoms with E-state index in [1.54, 1.807) is 0 Å². The SMILES string of the molecule is O=C(Cn1nc(-c2ccc(F)cc2)oc1=O)NC1CCCCC1. The molecule has 7 heteroatoms. The van der Waals surface area contributed by atoms with Crippen LogP contribution in [0.15, 0.2) is 33.5 Å². The van der Waals surface area contributed by atoms with Crippen molar-refractivity contribution in [1.29, 1.82) is 0 Å². The Bertz CT molecular complexity index is 730. The van der Waals surface area contributed by atoms with Gasteiger partial charge in [0, 0.05) is 11.6 Å². The van der Waals surface area contributed by atoms with Gasteiger partial charge in [-0.15, -0.1) is 5.10 Å². The first-order valence-corrected chi connectivity index (χ1v) is 7.75. The monoisotopic (exact) mass is 319 g/mol. The number of nitrogens with zero attached hydrogens (tertiary/aromatic N) is 2. The van der Waals surface area contributed by atoms with Crippen LogP contribution in [0.2, 0.25) is 0 Å². The van der Waals surface area contributed by atoms with Crippen molar-refractivity contribution in [2.45, 2.75) is 44.7 Å². The predicted octanol–water partition coefficient (Wildman–Crippen LogP) is 2.09. The van der Waals surface area contributed by atoms with E-state index in [9.17, 15) is 14.0 Å². The minimum Gasteiger partial charge on any atom is -0.388 e. The first-order valence-electron chi connectivity index (χ1n) is 7.75. The van der Waals surface area contributed by atoms with Crippen LogP contribution in [0.4, 0.5) is 4.39 Å². The molecule has 1 aliphatic rings. The Morgan fingerprint density at radius 3 is 2.65 bits per heavy atom. The number of aromatic nitrogens is 2. The van der Waals surface area contributed by atoms with Crippen LogP contribution >= 0.6 is 0 Å². The molecule has 0 unspecified atom stereocenters. The number of hydrogen-bond donors (Lipinski definition) is 1. The summed E-state index contributed by atoms with van der Waals surface area (Å²) < 4.78 is 18.9. The zero-order valence-corrected chi connectivity index (χ0v) is 12.6. The molecule has 2 aromatic rings. The summed E-state index contributed by atoms with van der Waals surface area (Å²) in [6.45, 7) is -0.181. The molecule has 1 heterocycles. The van der Waals surface area contributed by atoms with E-state index in [-0.39, 0.29) is 30.2 Å². The van der Waals surface area contributed by atoms with Crippen LogP contribution in [-0.4, -0.2) is 21.7 Å². The zero-order chi connectivity index (χ0) is 16.2. The van der Waals surface area contributed by atoms with Gasteiger partial charge in [-0.25, -0.2) is 9.18 Å². The fraction of sp³-hybridized carbons (Fsp3) is 0.438. The molecule has 0 atom stereocenters. The van der Waals surface area contributed by atoms with Gasteiger partial charge >= 0.3 is 5.76 Å². The van der Waals surface area contributed by atoms with Gasteiger partial charge < -0.3 is 9.73 Å². The van der Waals surface area contributed by atoms with E-state index < -0.39 is 5.76 Å². The highest BCUT2D eigenvalue weighted by Gasteiger charge is 2.18. The molecule has 3 rings (SSSR count). The molecule has 1 saturated carbocycles. The molecule has 0 spiro atoms. The summed E-state index contributed by atoms with van der Waals surface area (Å²) in [5.74, 6) is -1.27. The third kappa shape index (κ3) is 3.85. The maximum absolute atomic E-state index is 12.9. The van der Waals surface area contributed by atoms with E-state index in [0.29, 0.717) is 5.56 Å². The molecule has 0 radical (unpaired) electrons. The Labute approximate surface area is 132 Å². The summed E-state index contributed by atoms with van der Waals surface area (Å²) >= 11 is 0. The van der Waals surface area contributed by atoms with Gasteiger partial charge in [-0.2, -0.15) is 4.68 Å². The quantitative estimate of drug-likeness (QED) is 0.936. The Kier molecular flexibility index (Phi) is 4.55. The molecular formula is C16H18FN3O3. The van der Waals surface area contributed by atoms with Gasteiger partial charge in [-0.05, 0) is 37.1 Å². The minimum atomic E-state index is -0.705. The van der Waals surface area contributed by atoms with Gasteiger partial charge in [0.15, 0.2) is 0 Å². The first kappa shape index (κ1) is 15.5. The minimum absolute atomic E-state index is 0.0699. The smallest absolute Gasteiger partial charge is 0.388 e. The van der Waals surface area contributed by atoms with Crippen LogP contribution in [0.25, 0.3) is 11.5 Å². The topological polar surface area (TPSA) is 77.1 Å². The second-order valence-electron chi connectivity index (χ2n) is 5.74. The molecule has 1 aromatic carbocycles. The van der Waals surface area contributed by atoms with Crippen LogP contribution in [-0.2, 0) is 11.3 Å². The average Bonchev–Trinajstić information content (AvgIpc) is 2.90. The Morgan fingerprint density at radius 2 is 1.96 bits per heavy atom. The lowest BCUT2D eigenvalue weighted by Gasteiger charge is -2.22. The predicted molar refractivity (Wildman–Crippen MR) is 81.2 cm³/mol. The molecule has 122 valence electrons. The first-order chi connectivity index (χ1) is 11.1. The van der Waals surface area contributed by atoms with Crippen molar-refractivity contribution in [3.8, 4) is 11.5 Å². The maximum Gasteiger partial charge on any atom is 0.437 e. The number of carbonyl (C=O) groups excluding carboxylic acids is 1. The lowest BCUT2D eigenvalue weighted by atomic mass is 9.95. The lowest BCUT2D eigenvalue weighted by Crippen LogP contribution is -2.39. The summed E-state index contributed by atoms with van der Waals surface area (Å²) in [6, 6.07) is 5.62. The Balaban J connectivity index is 1.67. The molecule has 1 fully saturated rings. The highest BCUT2D eigenvalue weighted by Crippen LogP contribution is 2.17. The van der Waals surface area contributed by atoms with Gasteiger partial charge in [0.05, 0.1) is 0 Å². The normalized spacial score (nSPS) is 15.5. The van der Waals surface area contributed by atoms with E-state index in [0.717, 1.165) is 30.4 Å². The summed E-state index contributed by atoms with van der Waals surface area (Å²) in [6.07, 6.45) is 5.38. The fourth-order valence-corrected chi connectivity index (χ4v) is 2.77. The van der Waals surface area contributed by atoms with Crippen LogP contribution in [0.3, 0.4) is 0 Å². The highest BCUT2D eigenvalue weighted by molar-refractivity contribution is 5.75. The van der Waals surface area contributed by atoms with Crippen LogP contribution < -0.4 is 11.1 Å². The molecule has 1 N–H and O–H groups in total.